The quantitative estimate of drug-likeness (QED) is 0.533. The van der Waals surface area contributed by atoms with Crippen LogP contribution in [0.2, 0.25) is 0 Å². The summed E-state index contributed by atoms with van der Waals surface area (Å²) >= 11 is 0. The van der Waals surface area contributed by atoms with E-state index in [9.17, 15) is 0 Å². The topological polar surface area (TPSA) is 0 Å². The fourth-order valence-electron chi connectivity index (χ4n) is 0.774. The van der Waals surface area contributed by atoms with Crippen molar-refractivity contribution < 1.29 is 1.37 Å². The number of hydrogen-bond donors (Lipinski definition) is 0. The van der Waals surface area contributed by atoms with Crippen molar-refractivity contribution >= 4 is 6.08 Å². The summed E-state index contributed by atoms with van der Waals surface area (Å²) in [5, 5.41) is 0. The van der Waals surface area contributed by atoms with Crippen LogP contribution in [-0.4, -0.2) is 0 Å². The highest BCUT2D eigenvalue weighted by atomic mass is 13.9. The maximum absolute atomic E-state index is 6.86. The molecule has 0 heterocycles. The number of aryl methyl sites for hydroxylation is 1. The highest BCUT2D eigenvalue weighted by Gasteiger charge is 1.86. The van der Waals surface area contributed by atoms with Crippen LogP contribution in [-0.2, 0) is 0 Å². The molecule has 0 aliphatic carbocycles. The molecule has 0 aromatic heterocycles. The average molecular weight is 119 g/mol. The lowest BCUT2D eigenvalue weighted by Crippen LogP contribution is -1.75. The Balaban J connectivity index is 3.03. The van der Waals surface area contributed by atoms with Gasteiger partial charge in [0.25, 0.3) is 0 Å². The van der Waals surface area contributed by atoms with Crippen molar-refractivity contribution in [2.45, 2.75) is 6.92 Å². The van der Waals surface area contributed by atoms with Crippen molar-refractivity contribution in [2.75, 3.05) is 0 Å². The molecule has 0 amide bonds. The van der Waals surface area contributed by atoms with E-state index in [2.05, 4.69) is 0 Å². The minimum absolute atomic E-state index is 1.12. The van der Waals surface area contributed by atoms with E-state index in [1.165, 1.54) is 12.1 Å². The van der Waals surface area contributed by atoms with Gasteiger partial charge in [-0.2, -0.15) is 0 Å². The van der Waals surface area contributed by atoms with E-state index in [0.717, 1.165) is 5.56 Å². The molecular weight excluding hydrogens is 108 g/mol. The fourth-order valence-corrected chi connectivity index (χ4v) is 0.774. The van der Waals surface area contributed by atoms with Gasteiger partial charge in [-0.15, -0.1) is 0 Å². The van der Waals surface area contributed by atoms with Gasteiger partial charge in [0.2, 0.25) is 0 Å². The Bertz CT molecular complexity index is 238. The summed E-state index contributed by atoms with van der Waals surface area (Å²) in [6.07, 6.45) is 1.79. The molecule has 46 valence electrons. The molecule has 0 heteroatoms. The lowest BCUT2D eigenvalue weighted by molar-refractivity contribution is 1.45. The van der Waals surface area contributed by atoms with Crippen molar-refractivity contribution in [1.29, 1.82) is 0 Å². The predicted octanol–water partition coefficient (Wildman–Crippen LogP) is 2.64. The summed E-state index contributed by atoms with van der Waals surface area (Å²) in [7, 11) is 0. The molecular formula is C9H10. The molecule has 0 saturated carbocycles. The molecule has 1 aromatic rings. The summed E-state index contributed by atoms with van der Waals surface area (Å²) in [6.45, 7) is 3.34. The summed E-state index contributed by atoms with van der Waals surface area (Å²) in [5.41, 5.74) is 2.34. The van der Waals surface area contributed by atoms with Gasteiger partial charge in [0.15, 0.2) is 0 Å². The molecule has 0 N–H and O–H groups in total. The second kappa shape index (κ2) is 2.49. The van der Waals surface area contributed by atoms with Crippen LogP contribution in [0, 0.1) is 6.92 Å². The van der Waals surface area contributed by atoms with Crippen molar-refractivity contribution in [3.63, 3.8) is 0 Å². The minimum atomic E-state index is 1.12. The van der Waals surface area contributed by atoms with Crippen LogP contribution in [0.1, 0.15) is 12.5 Å². The fraction of sp³-hybridized carbons (Fsp3) is 0.111. The molecule has 0 nitrogen and oxygen atoms in total. The summed E-state index contributed by atoms with van der Waals surface area (Å²) < 4.78 is 6.86. The van der Waals surface area contributed by atoms with Gasteiger partial charge in [-0.1, -0.05) is 36.9 Å². The summed E-state index contributed by atoms with van der Waals surface area (Å²) in [6, 6.07) is 8.01. The first-order valence-electron chi connectivity index (χ1n) is 3.53. The lowest BCUT2D eigenvalue weighted by Gasteiger charge is -1.95. The molecule has 0 atom stereocenters. The molecule has 0 bridgehead atoms. The van der Waals surface area contributed by atoms with Gasteiger partial charge in [0.05, 0.1) is 1.37 Å². The Morgan fingerprint density at radius 2 is 2.33 bits per heavy atom. The van der Waals surface area contributed by atoms with Gasteiger partial charge in [0.1, 0.15) is 0 Å². The zero-order chi connectivity index (χ0) is 7.40. The summed E-state index contributed by atoms with van der Waals surface area (Å²) in [4.78, 5) is 0. The monoisotopic (exact) mass is 119 g/mol. The van der Waals surface area contributed by atoms with Crippen molar-refractivity contribution in [3.05, 3.63) is 41.9 Å². The van der Waals surface area contributed by atoms with Crippen molar-refractivity contribution in [1.82, 2.24) is 0 Å². The molecule has 1 aromatic carbocycles. The van der Waals surface area contributed by atoms with E-state index < -0.39 is 0 Å². The van der Waals surface area contributed by atoms with Crippen molar-refractivity contribution in [3.8, 4) is 0 Å². The zero-order valence-electron chi connectivity index (χ0n) is 6.46. The van der Waals surface area contributed by atoms with Gasteiger partial charge in [-0.05, 0) is 18.1 Å². The van der Waals surface area contributed by atoms with Crippen molar-refractivity contribution in [2.24, 2.45) is 0 Å². The second-order valence-corrected chi connectivity index (χ2v) is 2.02. The predicted molar refractivity (Wildman–Crippen MR) is 41.3 cm³/mol. The molecule has 0 radical (unpaired) electrons. The lowest BCUT2D eigenvalue weighted by atomic mass is 10.1. The normalized spacial score (nSPS) is 11.9. The molecule has 9 heavy (non-hydrogen) atoms. The molecule has 0 fully saturated rings. The highest BCUT2D eigenvalue weighted by Crippen LogP contribution is 2.06. The molecule has 0 spiro atoms. The second-order valence-electron chi connectivity index (χ2n) is 2.02. The SMILES string of the molecule is [2H]C=Cc1ccccc1C. The number of rotatable bonds is 1. The van der Waals surface area contributed by atoms with Crippen LogP contribution in [0.5, 0.6) is 0 Å². The third kappa shape index (κ3) is 1.20. The van der Waals surface area contributed by atoms with Crippen LogP contribution in [0.4, 0.5) is 0 Å². The van der Waals surface area contributed by atoms with Gasteiger partial charge in [-0.25, -0.2) is 0 Å². The maximum Gasteiger partial charge on any atom is 0.0538 e. The molecule has 0 aliphatic rings. The third-order valence-corrected chi connectivity index (χ3v) is 1.37. The van der Waals surface area contributed by atoms with Gasteiger partial charge < -0.3 is 0 Å². The Kier molecular flexibility index (Phi) is 1.33. The van der Waals surface area contributed by atoms with E-state index in [1.807, 2.05) is 31.2 Å². The first kappa shape index (κ1) is 4.80. The van der Waals surface area contributed by atoms with E-state index >= 15 is 0 Å². The Morgan fingerprint density at radius 1 is 1.56 bits per heavy atom. The van der Waals surface area contributed by atoms with Crippen LogP contribution in [0.3, 0.4) is 0 Å². The van der Waals surface area contributed by atoms with Crippen LogP contribution >= 0.6 is 0 Å². The molecule has 0 saturated heterocycles. The Labute approximate surface area is 57.2 Å². The molecule has 0 aliphatic heterocycles. The third-order valence-electron chi connectivity index (χ3n) is 1.37. The summed E-state index contributed by atoms with van der Waals surface area (Å²) in [5.74, 6) is 0. The van der Waals surface area contributed by atoms with Crippen LogP contribution < -0.4 is 0 Å². The number of hydrogen-bond acceptors (Lipinski definition) is 0. The van der Waals surface area contributed by atoms with E-state index in [0.29, 0.717) is 0 Å². The van der Waals surface area contributed by atoms with E-state index in [4.69, 9.17) is 1.37 Å². The zero-order valence-corrected chi connectivity index (χ0v) is 5.46. The molecule has 0 unspecified atom stereocenters. The average Bonchev–Trinajstić information content (AvgIpc) is 1.94. The van der Waals surface area contributed by atoms with Crippen LogP contribution in [0.25, 0.3) is 6.08 Å². The van der Waals surface area contributed by atoms with Crippen LogP contribution in [0.15, 0.2) is 30.8 Å². The Hall–Kier alpha value is -1.04. The van der Waals surface area contributed by atoms with Gasteiger partial charge >= 0.3 is 0 Å². The first-order valence-corrected chi connectivity index (χ1v) is 2.95. The number of benzene rings is 1. The van der Waals surface area contributed by atoms with E-state index in [-0.39, 0.29) is 0 Å². The maximum atomic E-state index is 6.86. The standard InChI is InChI=1S/C9H10/c1-3-9-7-5-4-6-8(9)2/h3-7H,1H2,2H3/i1D. The minimum Gasteiger partial charge on any atom is -0.0985 e. The van der Waals surface area contributed by atoms with Gasteiger partial charge in [-0.3, -0.25) is 0 Å². The smallest absolute Gasteiger partial charge is 0.0538 e. The molecule has 1 rings (SSSR count). The first-order chi connectivity index (χ1) is 4.84. The van der Waals surface area contributed by atoms with Gasteiger partial charge in [0, 0.05) is 0 Å². The Morgan fingerprint density at radius 3 is 3.00 bits per heavy atom. The van der Waals surface area contributed by atoms with E-state index in [1.54, 1.807) is 6.08 Å². The largest absolute Gasteiger partial charge is 0.0985 e. The highest BCUT2D eigenvalue weighted by molar-refractivity contribution is 5.50.